The molecule has 0 spiro atoms. The molecule has 0 aromatic heterocycles. The summed E-state index contributed by atoms with van der Waals surface area (Å²) in [7, 11) is 1.68. The minimum atomic E-state index is -0.199. The molecule has 0 bridgehead atoms. The topological polar surface area (TPSA) is 58.6 Å². The van der Waals surface area contributed by atoms with Crippen LogP contribution in [0.5, 0.6) is 0 Å². The average molecular weight is 257 g/mol. The molecule has 4 nitrogen and oxygen atoms in total. The van der Waals surface area contributed by atoms with Gasteiger partial charge in [-0.05, 0) is 31.6 Å². The van der Waals surface area contributed by atoms with Crippen LogP contribution in [0.4, 0.5) is 0 Å². The highest BCUT2D eigenvalue weighted by Crippen LogP contribution is 2.41. The van der Waals surface area contributed by atoms with Gasteiger partial charge in [-0.15, -0.1) is 0 Å². The highest BCUT2D eigenvalue weighted by Gasteiger charge is 2.40. The van der Waals surface area contributed by atoms with Crippen molar-refractivity contribution in [3.8, 4) is 0 Å². The van der Waals surface area contributed by atoms with Gasteiger partial charge in [-0.3, -0.25) is 4.79 Å². The Kier molecular flexibility index (Phi) is 6.65. The highest BCUT2D eigenvalue weighted by molar-refractivity contribution is 5.82. The van der Waals surface area contributed by atoms with Gasteiger partial charge in [0.15, 0.2) is 0 Å². The molecule has 1 rings (SSSR count). The zero-order chi connectivity index (χ0) is 13.4. The van der Waals surface area contributed by atoms with E-state index in [1.54, 1.807) is 7.11 Å². The van der Waals surface area contributed by atoms with E-state index in [0.717, 1.165) is 38.5 Å². The molecule has 0 radical (unpaired) electrons. The van der Waals surface area contributed by atoms with E-state index in [4.69, 9.17) is 9.84 Å². The van der Waals surface area contributed by atoms with Crippen molar-refractivity contribution in [3.05, 3.63) is 0 Å². The Bertz CT molecular complexity index is 249. The van der Waals surface area contributed by atoms with Gasteiger partial charge in [0.2, 0.25) is 5.91 Å². The third-order valence-corrected chi connectivity index (χ3v) is 4.06. The number of methoxy groups -OCH3 is 1. The maximum atomic E-state index is 12.4. The predicted molar refractivity (Wildman–Crippen MR) is 71.3 cm³/mol. The van der Waals surface area contributed by atoms with Crippen molar-refractivity contribution in [1.82, 2.24) is 5.32 Å². The van der Waals surface area contributed by atoms with E-state index in [1.165, 1.54) is 0 Å². The van der Waals surface area contributed by atoms with E-state index < -0.39 is 0 Å². The molecular formula is C14H27NO3. The smallest absolute Gasteiger partial charge is 0.226 e. The number of aliphatic hydroxyl groups is 1. The van der Waals surface area contributed by atoms with Crippen molar-refractivity contribution in [2.45, 2.75) is 45.4 Å². The molecule has 1 fully saturated rings. The molecule has 106 valence electrons. The third kappa shape index (κ3) is 4.25. The van der Waals surface area contributed by atoms with Gasteiger partial charge in [0, 0.05) is 26.9 Å². The van der Waals surface area contributed by atoms with Crippen molar-refractivity contribution >= 4 is 5.91 Å². The summed E-state index contributed by atoms with van der Waals surface area (Å²) in [5, 5.41) is 11.9. The lowest BCUT2D eigenvalue weighted by atomic mass is 9.82. The van der Waals surface area contributed by atoms with E-state index in [-0.39, 0.29) is 17.9 Å². The number of hydrogen-bond donors (Lipinski definition) is 2. The van der Waals surface area contributed by atoms with Crippen LogP contribution < -0.4 is 5.32 Å². The number of ether oxygens (including phenoxy) is 1. The summed E-state index contributed by atoms with van der Waals surface area (Å²) in [5.41, 5.74) is -0.199. The first-order chi connectivity index (χ1) is 8.64. The second kappa shape index (κ2) is 7.74. The fourth-order valence-electron chi connectivity index (χ4n) is 2.72. The molecule has 0 heterocycles. The summed E-state index contributed by atoms with van der Waals surface area (Å²) in [6, 6.07) is 0. The number of aliphatic hydroxyl groups excluding tert-OH is 1. The van der Waals surface area contributed by atoms with Gasteiger partial charge in [-0.1, -0.05) is 19.8 Å². The van der Waals surface area contributed by atoms with E-state index in [2.05, 4.69) is 5.32 Å². The molecule has 0 aromatic carbocycles. The Balaban J connectivity index is 2.44. The maximum Gasteiger partial charge on any atom is 0.226 e. The SMILES string of the molecule is COCCC1(C(=O)NCC(C)CCO)CCCC1. The lowest BCUT2D eigenvalue weighted by Gasteiger charge is -2.28. The zero-order valence-electron chi connectivity index (χ0n) is 11.7. The number of hydrogen-bond acceptors (Lipinski definition) is 3. The second-order valence-electron chi connectivity index (χ2n) is 5.56. The van der Waals surface area contributed by atoms with Crippen LogP contribution in [0.15, 0.2) is 0 Å². The summed E-state index contributed by atoms with van der Waals surface area (Å²) < 4.78 is 5.13. The Hall–Kier alpha value is -0.610. The minimum Gasteiger partial charge on any atom is -0.396 e. The average Bonchev–Trinajstić information content (AvgIpc) is 2.84. The minimum absolute atomic E-state index is 0.182. The van der Waals surface area contributed by atoms with Crippen LogP contribution >= 0.6 is 0 Å². The predicted octanol–water partition coefficient (Wildman–Crippen LogP) is 1.72. The first-order valence-corrected chi connectivity index (χ1v) is 7.03. The van der Waals surface area contributed by atoms with Crippen LogP contribution in [-0.2, 0) is 9.53 Å². The number of rotatable bonds is 8. The van der Waals surface area contributed by atoms with E-state index in [0.29, 0.717) is 19.1 Å². The Labute approximate surface area is 110 Å². The third-order valence-electron chi connectivity index (χ3n) is 4.06. The summed E-state index contributed by atoms with van der Waals surface area (Å²) in [5.74, 6) is 0.515. The first kappa shape index (κ1) is 15.4. The highest BCUT2D eigenvalue weighted by atomic mass is 16.5. The molecule has 4 heteroatoms. The summed E-state index contributed by atoms with van der Waals surface area (Å²) in [4.78, 5) is 12.4. The molecule has 1 unspecified atom stereocenters. The van der Waals surface area contributed by atoms with Crippen LogP contribution in [0.2, 0.25) is 0 Å². The first-order valence-electron chi connectivity index (χ1n) is 7.03. The fourth-order valence-corrected chi connectivity index (χ4v) is 2.72. The van der Waals surface area contributed by atoms with Gasteiger partial charge in [0.1, 0.15) is 0 Å². The molecule has 0 aliphatic heterocycles. The van der Waals surface area contributed by atoms with Crippen LogP contribution in [-0.4, -0.2) is 37.9 Å². The normalized spacial score (nSPS) is 19.7. The van der Waals surface area contributed by atoms with Crippen molar-refractivity contribution in [1.29, 1.82) is 0 Å². The molecule has 0 aromatic rings. The van der Waals surface area contributed by atoms with Crippen molar-refractivity contribution in [3.63, 3.8) is 0 Å². The number of carbonyl (C=O) groups is 1. The molecular weight excluding hydrogens is 230 g/mol. The quantitative estimate of drug-likeness (QED) is 0.696. The Morgan fingerprint density at radius 3 is 2.67 bits per heavy atom. The van der Waals surface area contributed by atoms with Gasteiger partial charge in [-0.25, -0.2) is 0 Å². The van der Waals surface area contributed by atoms with Crippen molar-refractivity contribution < 1.29 is 14.6 Å². The summed E-state index contributed by atoms with van der Waals surface area (Å²) in [6.07, 6.45) is 5.81. The molecule has 1 aliphatic rings. The zero-order valence-corrected chi connectivity index (χ0v) is 11.7. The van der Waals surface area contributed by atoms with Crippen LogP contribution in [0, 0.1) is 11.3 Å². The number of carbonyl (C=O) groups excluding carboxylic acids is 1. The monoisotopic (exact) mass is 257 g/mol. The van der Waals surface area contributed by atoms with Gasteiger partial charge < -0.3 is 15.2 Å². The number of amides is 1. The molecule has 1 atom stereocenters. The molecule has 1 saturated carbocycles. The van der Waals surface area contributed by atoms with Gasteiger partial charge in [0.05, 0.1) is 5.41 Å². The molecule has 1 amide bonds. The van der Waals surface area contributed by atoms with E-state index >= 15 is 0 Å². The second-order valence-corrected chi connectivity index (χ2v) is 5.56. The van der Waals surface area contributed by atoms with Crippen LogP contribution in [0.25, 0.3) is 0 Å². The number of nitrogens with one attached hydrogen (secondary N) is 1. The van der Waals surface area contributed by atoms with Crippen molar-refractivity contribution in [2.24, 2.45) is 11.3 Å². The Morgan fingerprint density at radius 2 is 2.11 bits per heavy atom. The summed E-state index contributed by atoms with van der Waals surface area (Å²) >= 11 is 0. The van der Waals surface area contributed by atoms with Gasteiger partial charge in [-0.2, -0.15) is 0 Å². The largest absolute Gasteiger partial charge is 0.396 e. The van der Waals surface area contributed by atoms with E-state index in [1.807, 2.05) is 6.92 Å². The standard InChI is InChI=1S/C14H27NO3/c1-12(5-9-16)11-15-13(17)14(8-10-18-2)6-3-4-7-14/h12,16H,3-11H2,1-2H3,(H,15,17). The fraction of sp³-hybridized carbons (Fsp3) is 0.929. The Morgan fingerprint density at radius 1 is 1.44 bits per heavy atom. The van der Waals surface area contributed by atoms with Crippen molar-refractivity contribution in [2.75, 3.05) is 26.9 Å². The molecule has 2 N–H and O–H groups in total. The lowest BCUT2D eigenvalue weighted by Crippen LogP contribution is -2.41. The molecule has 18 heavy (non-hydrogen) atoms. The van der Waals surface area contributed by atoms with Gasteiger partial charge >= 0.3 is 0 Å². The van der Waals surface area contributed by atoms with E-state index in [9.17, 15) is 4.79 Å². The lowest BCUT2D eigenvalue weighted by molar-refractivity contribution is -0.132. The van der Waals surface area contributed by atoms with Gasteiger partial charge in [0.25, 0.3) is 0 Å². The summed E-state index contributed by atoms with van der Waals surface area (Å²) in [6.45, 7) is 3.55. The maximum absolute atomic E-state index is 12.4. The van der Waals surface area contributed by atoms with Crippen LogP contribution in [0.1, 0.15) is 45.4 Å². The molecule has 0 saturated heterocycles. The molecule has 1 aliphatic carbocycles. The van der Waals surface area contributed by atoms with Crippen LogP contribution in [0.3, 0.4) is 0 Å².